The molecular formula is C19H19N3O3S. The Labute approximate surface area is 155 Å². The predicted octanol–water partition coefficient (Wildman–Crippen LogP) is 2.97. The van der Waals surface area contributed by atoms with Gasteiger partial charge in [-0.2, -0.15) is 5.10 Å². The molecule has 1 amide bonds. The third-order valence-corrected chi connectivity index (χ3v) is 4.82. The maximum Gasteiger partial charge on any atom is 0.267 e. The van der Waals surface area contributed by atoms with Gasteiger partial charge >= 0.3 is 0 Å². The summed E-state index contributed by atoms with van der Waals surface area (Å²) in [5.41, 5.74) is 0.988. The standard InChI is InChI=1S/C19H19N3O3S/c1-13(12-20-19(24)14-6-3-4-7-16(14)25-2)22-18(23)10-9-15(21-22)17-8-5-11-26-17/h3-11,13H,12H2,1-2H3,(H,20,24). The molecule has 0 spiro atoms. The lowest BCUT2D eigenvalue weighted by atomic mass is 10.2. The number of amides is 1. The molecule has 0 saturated heterocycles. The zero-order valence-corrected chi connectivity index (χ0v) is 15.3. The van der Waals surface area contributed by atoms with Crippen molar-refractivity contribution in [2.24, 2.45) is 0 Å². The summed E-state index contributed by atoms with van der Waals surface area (Å²) < 4.78 is 6.61. The minimum Gasteiger partial charge on any atom is -0.496 e. The minimum atomic E-state index is -0.291. The molecule has 7 heteroatoms. The van der Waals surface area contributed by atoms with Crippen molar-refractivity contribution in [1.82, 2.24) is 15.1 Å². The zero-order chi connectivity index (χ0) is 18.5. The molecule has 26 heavy (non-hydrogen) atoms. The van der Waals surface area contributed by atoms with Gasteiger partial charge in [0, 0.05) is 12.6 Å². The first-order valence-corrected chi connectivity index (χ1v) is 9.03. The molecule has 1 N–H and O–H groups in total. The highest BCUT2D eigenvalue weighted by atomic mass is 32.1. The Morgan fingerprint density at radius 1 is 1.23 bits per heavy atom. The summed E-state index contributed by atoms with van der Waals surface area (Å²) in [4.78, 5) is 25.6. The van der Waals surface area contributed by atoms with Crippen molar-refractivity contribution in [3.05, 3.63) is 69.8 Å². The molecule has 0 bridgehead atoms. The fourth-order valence-electron chi connectivity index (χ4n) is 2.55. The van der Waals surface area contributed by atoms with Crippen LogP contribution in [0.25, 0.3) is 10.6 Å². The average Bonchev–Trinajstić information content (AvgIpc) is 3.21. The summed E-state index contributed by atoms with van der Waals surface area (Å²) in [5.74, 6) is 0.254. The van der Waals surface area contributed by atoms with Gasteiger partial charge in [-0.25, -0.2) is 4.68 Å². The first-order valence-electron chi connectivity index (χ1n) is 8.15. The highest BCUT2D eigenvalue weighted by Gasteiger charge is 2.15. The fraction of sp³-hybridized carbons (Fsp3) is 0.211. The molecule has 134 valence electrons. The Morgan fingerprint density at radius 3 is 2.77 bits per heavy atom. The number of nitrogens with zero attached hydrogens (tertiary/aromatic N) is 2. The Morgan fingerprint density at radius 2 is 2.04 bits per heavy atom. The van der Waals surface area contributed by atoms with E-state index in [9.17, 15) is 9.59 Å². The van der Waals surface area contributed by atoms with E-state index < -0.39 is 0 Å². The molecule has 1 aromatic carbocycles. The third kappa shape index (κ3) is 3.83. The molecule has 0 fully saturated rings. The number of carbonyl (C=O) groups excluding carboxylic acids is 1. The Hall–Kier alpha value is -2.93. The summed E-state index contributed by atoms with van der Waals surface area (Å²) in [6, 6.07) is 13.8. The third-order valence-electron chi connectivity index (χ3n) is 3.93. The Balaban J connectivity index is 1.74. The number of benzene rings is 1. The summed E-state index contributed by atoms with van der Waals surface area (Å²) in [6.45, 7) is 2.12. The molecule has 6 nitrogen and oxygen atoms in total. The lowest BCUT2D eigenvalue weighted by Gasteiger charge is -2.16. The van der Waals surface area contributed by atoms with Crippen LogP contribution in [0.2, 0.25) is 0 Å². The van der Waals surface area contributed by atoms with Crippen LogP contribution in [0.15, 0.2) is 58.7 Å². The van der Waals surface area contributed by atoms with Crippen LogP contribution in [0, 0.1) is 0 Å². The Kier molecular flexibility index (Phi) is 5.48. The van der Waals surface area contributed by atoms with Crippen LogP contribution in [0.5, 0.6) is 5.75 Å². The second-order valence-electron chi connectivity index (χ2n) is 5.74. The highest BCUT2D eigenvalue weighted by Crippen LogP contribution is 2.21. The van der Waals surface area contributed by atoms with Crippen molar-refractivity contribution in [2.45, 2.75) is 13.0 Å². The number of nitrogens with one attached hydrogen (secondary N) is 1. The first-order chi connectivity index (χ1) is 12.6. The van der Waals surface area contributed by atoms with Crippen molar-refractivity contribution in [1.29, 1.82) is 0 Å². The van der Waals surface area contributed by atoms with Crippen LogP contribution >= 0.6 is 11.3 Å². The molecule has 0 saturated carbocycles. The van der Waals surface area contributed by atoms with Gasteiger partial charge in [-0.1, -0.05) is 18.2 Å². The van der Waals surface area contributed by atoms with E-state index in [2.05, 4.69) is 10.4 Å². The van der Waals surface area contributed by atoms with Gasteiger partial charge in [-0.3, -0.25) is 9.59 Å². The van der Waals surface area contributed by atoms with Gasteiger partial charge in [0.15, 0.2) is 0 Å². The second kappa shape index (κ2) is 7.97. The Bertz CT molecular complexity index is 951. The molecule has 0 aliphatic heterocycles. The molecular weight excluding hydrogens is 350 g/mol. The number of para-hydroxylation sites is 1. The quantitative estimate of drug-likeness (QED) is 0.725. The van der Waals surface area contributed by atoms with Crippen molar-refractivity contribution >= 4 is 17.2 Å². The lowest BCUT2D eigenvalue weighted by molar-refractivity contribution is 0.0944. The summed E-state index contributed by atoms with van der Waals surface area (Å²) in [5, 5.41) is 9.24. The van der Waals surface area contributed by atoms with Gasteiger partial charge in [0.25, 0.3) is 11.5 Å². The molecule has 1 atom stereocenters. The minimum absolute atomic E-state index is 0.204. The number of methoxy groups -OCH3 is 1. The SMILES string of the molecule is COc1ccccc1C(=O)NCC(C)n1nc(-c2cccs2)ccc1=O. The molecule has 0 aliphatic rings. The van der Waals surface area contributed by atoms with Crippen molar-refractivity contribution in [3.63, 3.8) is 0 Å². The van der Waals surface area contributed by atoms with Crippen LogP contribution in [0.4, 0.5) is 0 Å². The number of rotatable bonds is 6. The molecule has 2 aromatic heterocycles. The number of aromatic nitrogens is 2. The van der Waals surface area contributed by atoms with Gasteiger partial charge in [0.1, 0.15) is 11.4 Å². The van der Waals surface area contributed by atoms with E-state index in [4.69, 9.17) is 4.74 Å². The predicted molar refractivity (Wildman–Crippen MR) is 102 cm³/mol. The summed E-state index contributed by atoms with van der Waals surface area (Å²) in [6.07, 6.45) is 0. The maximum absolute atomic E-state index is 12.4. The van der Waals surface area contributed by atoms with Crippen LogP contribution < -0.4 is 15.6 Å². The molecule has 0 aliphatic carbocycles. The fourth-order valence-corrected chi connectivity index (χ4v) is 3.24. The normalized spacial score (nSPS) is 11.8. The average molecular weight is 369 g/mol. The molecule has 3 rings (SSSR count). The zero-order valence-electron chi connectivity index (χ0n) is 14.5. The molecule has 0 radical (unpaired) electrons. The van der Waals surface area contributed by atoms with Crippen LogP contribution in [-0.2, 0) is 0 Å². The molecule has 3 aromatic rings. The molecule has 2 heterocycles. The topological polar surface area (TPSA) is 73.2 Å². The molecule has 1 unspecified atom stereocenters. The second-order valence-corrected chi connectivity index (χ2v) is 6.69. The van der Waals surface area contributed by atoms with Gasteiger partial charge in [0.05, 0.1) is 23.6 Å². The van der Waals surface area contributed by atoms with E-state index in [0.29, 0.717) is 11.3 Å². The van der Waals surface area contributed by atoms with E-state index in [1.807, 2.05) is 24.4 Å². The first kappa shape index (κ1) is 17.9. The van der Waals surface area contributed by atoms with Gasteiger partial charge in [-0.05, 0) is 36.6 Å². The summed E-state index contributed by atoms with van der Waals surface area (Å²) in [7, 11) is 1.52. The maximum atomic E-state index is 12.4. The smallest absolute Gasteiger partial charge is 0.267 e. The van der Waals surface area contributed by atoms with E-state index in [-0.39, 0.29) is 24.1 Å². The van der Waals surface area contributed by atoms with Crippen LogP contribution in [0.1, 0.15) is 23.3 Å². The summed E-state index contributed by atoms with van der Waals surface area (Å²) >= 11 is 1.56. The van der Waals surface area contributed by atoms with Crippen molar-refractivity contribution in [2.75, 3.05) is 13.7 Å². The van der Waals surface area contributed by atoms with Crippen LogP contribution in [-0.4, -0.2) is 29.3 Å². The van der Waals surface area contributed by atoms with Crippen molar-refractivity contribution in [3.8, 4) is 16.3 Å². The number of ether oxygens (including phenoxy) is 1. The van der Waals surface area contributed by atoms with E-state index in [0.717, 1.165) is 10.6 Å². The number of carbonyl (C=O) groups is 1. The monoisotopic (exact) mass is 369 g/mol. The number of hydrogen-bond donors (Lipinski definition) is 1. The van der Waals surface area contributed by atoms with Gasteiger partial charge < -0.3 is 10.1 Å². The number of hydrogen-bond acceptors (Lipinski definition) is 5. The lowest BCUT2D eigenvalue weighted by Crippen LogP contribution is -2.35. The van der Waals surface area contributed by atoms with E-state index in [1.54, 1.807) is 41.7 Å². The van der Waals surface area contributed by atoms with E-state index >= 15 is 0 Å². The highest BCUT2D eigenvalue weighted by molar-refractivity contribution is 7.13. The largest absolute Gasteiger partial charge is 0.496 e. The van der Waals surface area contributed by atoms with Crippen molar-refractivity contribution < 1.29 is 9.53 Å². The van der Waals surface area contributed by atoms with Gasteiger partial charge in [-0.15, -0.1) is 11.3 Å². The van der Waals surface area contributed by atoms with Gasteiger partial charge in [0.2, 0.25) is 0 Å². The number of thiophene rings is 1. The van der Waals surface area contributed by atoms with E-state index in [1.165, 1.54) is 17.9 Å². The van der Waals surface area contributed by atoms with Crippen LogP contribution in [0.3, 0.4) is 0 Å².